The van der Waals surface area contributed by atoms with Gasteiger partial charge < -0.3 is 5.32 Å². The third-order valence-electron chi connectivity index (χ3n) is 2.70. The molecule has 1 aromatic heterocycles. The van der Waals surface area contributed by atoms with E-state index in [-0.39, 0.29) is 5.91 Å². The normalized spacial score (nSPS) is 11.4. The number of benzene rings is 1. The van der Waals surface area contributed by atoms with Gasteiger partial charge in [-0.25, -0.2) is 0 Å². The fourth-order valence-corrected chi connectivity index (χ4v) is 1.74. The molecule has 0 aliphatic heterocycles. The predicted octanol–water partition coefficient (Wildman–Crippen LogP) is 2.38. The second-order valence-electron chi connectivity index (χ2n) is 4.13. The molecule has 0 fully saturated rings. The minimum atomic E-state index is -0.651. The van der Waals surface area contributed by atoms with Crippen molar-refractivity contribution in [2.75, 3.05) is 0 Å². The molecule has 1 aromatic carbocycles. The monoisotopic (exact) mass is 251 g/mol. The molecular weight excluding hydrogens is 238 g/mol. The van der Waals surface area contributed by atoms with E-state index in [2.05, 4.69) is 16.4 Å². The molecule has 1 N–H and O–H groups in total. The van der Waals surface area contributed by atoms with Gasteiger partial charge in [-0.15, -0.1) is 0 Å². The molecule has 0 radical (unpaired) electrons. The summed E-state index contributed by atoms with van der Waals surface area (Å²) in [6, 6.07) is 13.9. The maximum atomic E-state index is 12.0. The van der Waals surface area contributed by atoms with Gasteiger partial charge in [0.25, 0.3) is 5.91 Å². The number of nitrogens with zero attached hydrogens (tertiary/aromatic N) is 2. The van der Waals surface area contributed by atoms with Crippen LogP contribution in [0.25, 0.3) is 0 Å². The Kier molecular flexibility index (Phi) is 3.89. The summed E-state index contributed by atoms with van der Waals surface area (Å²) in [7, 11) is 0. The molecule has 0 spiro atoms. The van der Waals surface area contributed by atoms with Gasteiger partial charge in [0.15, 0.2) is 0 Å². The Morgan fingerprint density at radius 2 is 2.05 bits per heavy atom. The van der Waals surface area contributed by atoms with Crippen LogP contribution in [0, 0.1) is 18.3 Å². The van der Waals surface area contributed by atoms with Gasteiger partial charge in [-0.05, 0) is 24.6 Å². The molecule has 0 bridgehead atoms. The van der Waals surface area contributed by atoms with Crippen molar-refractivity contribution in [3.63, 3.8) is 0 Å². The average Bonchev–Trinajstić information content (AvgIpc) is 2.45. The Balaban J connectivity index is 2.16. The number of nitriles is 1. The fourth-order valence-electron chi connectivity index (χ4n) is 1.74. The summed E-state index contributed by atoms with van der Waals surface area (Å²) in [5, 5.41) is 11.9. The van der Waals surface area contributed by atoms with Crippen LogP contribution in [0.2, 0.25) is 0 Å². The second-order valence-corrected chi connectivity index (χ2v) is 4.13. The molecule has 1 atom stereocenters. The first-order chi connectivity index (χ1) is 9.20. The van der Waals surface area contributed by atoms with Crippen molar-refractivity contribution in [2.24, 2.45) is 0 Å². The number of aryl methyl sites for hydroxylation is 1. The molecule has 19 heavy (non-hydrogen) atoms. The number of hydrogen-bond donors (Lipinski definition) is 1. The molecule has 1 unspecified atom stereocenters. The first-order valence-corrected chi connectivity index (χ1v) is 5.89. The van der Waals surface area contributed by atoms with E-state index in [0.29, 0.717) is 5.56 Å². The van der Waals surface area contributed by atoms with E-state index < -0.39 is 6.04 Å². The first-order valence-electron chi connectivity index (χ1n) is 5.89. The molecule has 4 heteroatoms. The Hall–Kier alpha value is -2.67. The number of hydrogen-bond acceptors (Lipinski definition) is 3. The van der Waals surface area contributed by atoms with Crippen LogP contribution in [0.3, 0.4) is 0 Å². The minimum absolute atomic E-state index is 0.277. The number of amides is 1. The van der Waals surface area contributed by atoms with Crippen LogP contribution in [0.5, 0.6) is 0 Å². The van der Waals surface area contributed by atoms with Crippen molar-refractivity contribution >= 4 is 5.91 Å². The van der Waals surface area contributed by atoms with Crippen LogP contribution in [-0.2, 0) is 0 Å². The minimum Gasteiger partial charge on any atom is -0.332 e. The van der Waals surface area contributed by atoms with E-state index in [1.54, 1.807) is 18.3 Å². The standard InChI is InChI=1S/C15H13N3O/c1-11-9-13(7-8-17-11)15(19)18-14(10-16)12-5-3-2-4-6-12/h2-9,14H,1H3,(H,18,19). The Bertz CT molecular complexity index is 617. The van der Waals surface area contributed by atoms with Crippen LogP contribution in [0.1, 0.15) is 27.7 Å². The highest BCUT2D eigenvalue weighted by molar-refractivity contribution is 5.94. The summed E-state index contributed by atoms with van der Waals surface area (Å²) in [6.45, 7) is 1.82. The lowest BCUT2D eigenvalue weighted by atomic mass is 10.1. The van der Waals surface area contributed by atoms with Gasteiger partial charge in [-0.3, -0.25) is 9.78 Å². The highest BCUT2D eigenvalue weighted by Gasteiger charge is 2.14. The Morgan fingerprint density at radius 3 is 2.68 bits per heavy atom. The van der Waals surface area contributed by atoms with E-state index in [1.807, 2.05) is 37.3 Å². The second kappa shape index (κ2) is 5.78. The van der Waals surface area contributed by atoms with E-state index >= 15 is 0 Å². The summed E-state index contributed by atoms with van der Waals surface area (Å²) in [4.78, 5) is 16.1. The summed E-state index contributed by atoms with van der Waals surface area (Å²) in [6.07, 6.45) is 1.58. The zero-order valence-corrected chi connectivity index (χ0v) is 10.5. The first kappa shape index (κ1) is 12.8. The Morgan fingerprint density at radius 1 is 1.32 bits per heavy atom. The molecule has 0 saturated carbocycles. The van der Waals surface area contributed by atoms with Gasteiger partial charge in [0.2, 0.25) is 0 Å². The number of rotatable bonds is 3. The third kappa shape index (κ3) is 3.17. The molecule has 1 heterocycles. The van der Waals surface area contributed by atoms with Crippen molar-refractivity contribution in [1.29, 1.82) is 5.26 Å². The molecule has 2 rings (SSSR count). The zero-order valence-electron chi connectivity index (χ0n) is 10.5. The maximum absolute atomic E-state index is 12.0. The largest absolute Gasteiger partial charge is 0.332 e. The molecule has 4 nitrogen and oxygen atoms in total. The van der Waals surface area contributed by atoms with Gasteiger partial charge in [-0.2, -0.15) is 5.26 Å². The molecule has 2 aromatic rings. The molecular formula is C15H13N3O. The van der Waals surface area contributed by atoms with Crippen LogP contribution >= 0.6 is 0 Å². The predicted molar refractivity (Wildman–Crippen MR) is 71.2 cm³/mol. The SMILES string of the molecule is Cc1cc(C(=O)NC(C#N)c2ccccc2)ccn1. The van der Waals surface area contributed by atoms with Crippen molar-refractivity contribution in [3.8, 4) is 6.07 Å². The van der Waals surface area contributed by atoms with Crippen LogP contribution < -0.4 is 5.32 Å². The van der Waals surface area contributed by atoms with E-state index in [9.17, 15) is 4.79 Å². The van der Waals surface area contributed by atoms with E-state index in [4.69, 9.17) is 5.26 Å². The maximum Gasteiger partial charge on any atom is 0.252 e. The van der Waals surface area contributed by atoms with Gasteiger partial charge >= 0.3 is 0 Å². The molecule has 0 aliphatic carbocycles. The van der Waals surface area contributed by atoms with Crippen LogP contribution in [0.4, 0.5) is 0 Å². The van der Waals surface area contributed by atoms with Gasteiger partial charge in [0.05, 0.1) is 6.07 Å². The number of pyridine rings is 1. The summed E-state index contributed by atoms with van der Waals surface area (Å²) < 4.78 is 0. The van der Waals surface area contributed by atoms with Crippen molar-refractivity contribution in [2.45, 2.75) is 13.0 Å². The molecule has 1 amide bonds. The summed E-state index contributed by atoms with van der Waals surface area (Å²) >= 11 is 0. The number of carbonyl (C=O) groups is 1. The number of carbonyl (C=O) groups excluding carboxylic acids is 1. The topological polar surface area (TPSA) is 65.8 Å². The Labute approximate surface area is 111 Å². The highest BCUT2D eigenvalue weighted by Crippen LogP contribution is 2.12. The number of aromatic nitrogens is 1. The van der Waals surface area contributed by atoms with Gasteiger partial charge in [0, 0.05) is 17.5 Å². The molecule has 0 saturated heterocycles. The lowest BCUT2D eigenvalue weighted by molar-refractivity contribution is 0.0945. The lowest BCUT2D eigenvalue weighted by Gasteiger charge is -2.12. The molecule has 94 valence electrons. The zero-order chi connectivity index (χ0) is 13.7. The van der Waals surface area contributed by atoms with Crippen LogP contribution in [-0.4, -0.2) is 10.9 Å². The fraction of sp³-hybridized carbons (Fsp3) is 0.133. The van der Waals surface area contributed by atoms with E-state index in [0.717, 1.165) is 11.3 Å². The third-order valence-corrected chi connectivity index (χ3v) is 2.70. The van der Waals surface area contributed by atoms with Crippen LogP contribution in [0.15, 0.2) is 48.7 Å². The van der Waals surface area contributed by atoms with Crippen molar-refractivity contribution in [3.05, 3.63) is 65.5 Å². The quantitative estimate of drug-likeness (QED) is 0.910. The summed E-state index contributed by atoms with van der Waals surface area (Å²) in [5.74, 6) is -0.277. The van der Waals surface area contributed by atoms with Crippen molar-refractivity contribution in [1.82, 2.24) is 10.3 Å². The smallest absolute Gasteiger partial charge is 0.252 e. The summed E-state index contributed by atoms with van der Waals surface area (Å²) in [5.41, 5.74) is 2.04. The molecule has 0 aliphatic rings. The lowest BCUT2D eigenvalue weighted by Crippen LogP contribution is -2.27. The highest BCUT2D eigenvalue weighted by atomic mass is 16.1. The average molecular weight is 251 g/mol. The van der Waals surface area contributed by atoms with Gasteiger partial charge in [0.1, 0.15) is 6.04 Å². The van der Waals surface area contributed by atoms with Crippen molar-refractivity contribution < 1.29 is 4.79 Å². The van der Waals surface area contributed by atoms with Gasteiger partial charge in [-0.1, -0.05) is 30.3 Å². The van der Waals surface area contributed by atoms with E-state index in [1.165, 1.54) is 0 Å². The number of nitrogens with one attached hydrogen (secondary N) is 1.